The Kier molecular flexibility index (Phi) is 17.0. The fourth-order valence-electron chi connectivity index (χ4n) is 5.79. The maximum absolute atomic E-state index is 13.6. The smallest absolute Gasteiger partial charge is 0.259 e. The van der Waals surface area contributed by atoms with Crippen molar-refractivity contribution in [3.63, 3.8) is 0 Å². The Balaban J connectivity index is 1.31. The lowest BCUT2D eigenvalue weighted by Crippen LogP contribution is -2.32. The number of azo groups is 2. The molecule has 4 amide bonds. The number of ketones is 2. The van der Waals surface area contributed by atoms with Crippen molar-refractivity contribution in [2.45, 2.75) is 37.7 Å². The van der Waals surface area contributed by atoms with Gasteiger partial charge in [0.25, 0.3) is 23.6 Å². The molecule has 0 saturated heterocycles. The molecule has 5 rings (SSSR count). The second-order valence-corrected chi connectivity index (χ2v) is 14.8. The molecule has 2 unspecified atom stereocenters. The summed E-state index contributed by atoms with van der Waals surface area (Å²) in [6, 6.07) is 22.0. The Labute approximate surface area is 386 Å². The van der Waals surface area contributed by atoms with Crippen LogP contribution in [-0.4, -0.2) is 61.5 Å². The second kappa shape index (κ2) is 22.6. The van der Waals surface area contributed by atoms with Gasteiger partial charge in [-0.25, -0.2) is 0 Å². The number of benzene rings is 5. The number of amides is 4. The molecule has 0 aromatic heterocycles. The van der Waals surface area contributed by atoms with Gasteiger partial charge in [-0.2, -0.15) is 20.5 Å². The molecule has 2 atom stereocenters. The Morgan fingerprint density at radius 1 is 0.547 bits per heavy atom. The highest BCUT2D eigenvalue weighted by atomic mass is 35.5. The van der Waals surface area contributed by atoms with Gasteiger partial charge in [-0.05, 0) is 73.5 Å². The lowest BCUT2D eigenvalue weighted by molar-refractivity contribution is -0.127. The van der Waals surface area contributed by atoms with E-state index in [4.69, 9.17) is 55.9 Å². The van der Waals surface area contributed by atoms with E-state index in [0.717, 1.165) is 25.0 Å². The topological polar surface area (TPSA) is 218 Å². The third-order valence-corrected chi connectivity index (χ3v) is 10.4. The first-order valence-corrected chi connectivity index (χ1v) is 20.7. The minimum absolute atomic E-state index is 0.00570. The second-order valence-electron chi connectivity index (χ2n) is 13.5. The SMILES string of the molecule is COc1cc(NC(=O)C(N=Nc2cccc(C(=O)Nc3cccc(CCl)c3)c2Cl)C(C)=O)cc(OC)c1NC(=O)C(N=Nc1cccc(C(=O)Nc2cccc(CCl)c2)c1Cl)C(C)=O. The molecule has 0 saturated carbocycles. The van der Waals surface area contributed by atoms with Gasteiger partial charge in [0, 0.05) is 41.0 Å². The number of carbonyl (C=O) groups is 6. The van der Waals surface area contributed by atoms with E-state index in [-0.39, 0.29) is 67.2 Å². The lowest BCUT2D eigenvalue weighted by atomic mass is 10.1. The number of halogens is 4. The van der Waals surface area contributed by atoms with Crippen LogP contribution in [0.25, 0.3) is 0 Å². The normalized spacial score (nSPS) is 12.0. The third kappa shape index (κ3) is 12.3. The van der Waals surface area contributed by atoms with Crippen LogP contribution in [-0.2, 0) is 30.9 Å². The van der Waals surface area contributed by atoms with Crippen LogP contribution in [0.2, 0.25) is 10.0 Å². The summed E-state index contributed by atoms with van der Waals surface area (Å²) in [5.74, 6) is -3.86. The molecular formula is C44H38Cl4N8O8. The molecule has 4 N–H and O–H groups in total. The van der Waals surface area contributed by atoms with Crippen LogP contribution in [0.1, 0.15) is 45.7 Å². The summed E-state index contributed by atoms with van der Waals surface area (Å²) in [4.78, 5) is 78.5. The average Bonchev–Trinajstić information content (AvgIpc) is 3.27. The van der Waals surface area contributed by atoms with Crippen molar-refractivity contribution in [3.8, 4) is 11.5 Å². The number of anilines is 4. The van der Waals surface area contributed by atoms with Crippen molar-refractivity contribution in [1.29, 1.82) is 0 Å². The maximum atomic E-state index is 13.6. The number of Topliss-reactive ketones (excluding diaryl/α,β-unsaturated/α-hetero) is 2. The van der Waals surface area contributed by atoms with Gasteiger partial charge >= 0.3 is 0 Å². The maximum Gasteiger partial charge on any atom is 0.259 e. The van der Waals surface area contributed by atoms with E-state index in [1.54, 1.807) is 48.5 Å². The van der Waals surface area contributed by atoms with Gasteiger partial charge in [-0.3, -0.25) is 28.8 Å². The molecule has 0 bridgehead atoms. The largest absolute Gasteiger partial charge is 0.494 e. The van der Waals surface area contributed by atoms with Gasteiger partial charge in [-0.1, -0.05) is 59.6 Å². The lowest BCUT2D eigenvalue weighted by Gasteiger charge is -2.18. The number of hydrogen-bond acceptors (Lipinski definition) is 12. The fraction of sp³-hybridized carbons (Fsp3) is 0.182. The van der Waals surface area contributed by atoms with Crippen LogP contribution in [0.5, 0.6) is 11.5 Å². The average molecular weight is 949 g/mol. The summed E-state index contributed by atoms with van der Waals surface area (Å²) in [5, 5.41) is 26.4. The fourth-order valence-corrected chi connectivity index (χ4v) is 6.62. The van der Waals surface area contributed by atoms with Crippen molar-refractivity contribution in [2.75, 3.05) is 35.5 Å². The van der Waals surface area contributed by atoms with Crippen LogP contribution in [0.15, 0.2) is 118 Å². The van der Waals surface area contributed by atoms with E-state index in [1.165, 1.54) is 62.8 Å². The molecule has 5 aromatic rings. The summed E-state index contributed by atoms with van der Waals surface area (Å²) in [5.41, 5.74) is 2.71. The molecule has 0 aliphatic carbocycles. The Hall–Kier alpha value is -6.72. The molecule has 0 radical (unpaired) electrons. The first kappa shape index (κ1) is 48.3. The standard InChI is InChI=1S/C44H38Cl4N8O8/c1-23(57)38(55-53-32-15-7-13-30(36(32)47)41(59)49-27-11-5-9-25(17-27)21-45)43(61)51-29-19-34(63-3)40(35(20-29)64-4)52-44(62)39(24(2)58)56-54-33-16-8-14-31(37(33)48)42(60)50-28-12-6-10-26(18-28)22-46/h5-20,38-39H,21-22H2,1-4H3,(H,49,59)(H,50,60)(H,51,61)(H,52,62). The van der Waals surface area contributed by atoms with E-state index < -0.39 is 47.3 Å². The highest BCUT2D eigenvalue weighted by Crippen LogP contribution is 2.39. The molecule has 16 nitrogen and oxygen atoms in total. The zero-order chi connectivity index (χ0) is 46.5. The van der Waals surface area contributed by atoms with Crippen LogP contribution < -0.4 is 30.7 Å². The van der Waals surface area contributed by atoms with E-state index in [1.807, 2.05) is 0 Å². The third-order valence-electron chi connectivity index (χ3n) is 8.97. The Bertz CT molecular complexity index is 2650. The first-order chi connectivity index (χ1) is 30.7. The van der Waals surface area contributed by atoms with Crippen LogP contribution in [0.4, 0.5) is 34.1 Å². The number of rotatable bonds is 18. The molecule has 0 aliphatic rings. The van der Waals surface area contributed by atoms with Crippen molar-refractivity contribution < 1.29 is 38.2 Å². The zero-order valence-corrected chi connectivity index (χ0v) is 37.4. The number of hydrogen-bond donors (Lipinski definition) is 4. The summed E-state index contributed by atoms with van der Waals surface area (Å²) >= 11 is 24.9. The molecule has 5 aromatic carbocycles. The van der Waals surface area contributed by atoms with Gasteiger partial charge in [0.2, 0.25) is 12.1 Å². The van der Waals surface area contributed by atoms with Gasteiger partial charge < -0.3 is 30.7 Å². The first-order valence-electron chi connectivity index (χ1n) is 18.9. The number of ether oxygens (including phenoxy) is 2. The Morgan fingerprint density at radius 2 is 0.953 bits per heavy atom. The molecule has 0 fully saturated rings. The molecule has 64 heavy (non-hydrogen) atoms. The van der Waals surface area contributed by atoms with E-state index >= 15 is 0 Å². The van der Waals surface area contributed by atoms with Crippen LogP contribution >= 0.6 is 46.4 Å². The molecular weight excluding hydrogens is 910 g/mol. The number of methoxy groups -OCH3 is 2. The predicted molar refractivity (Wildman–Crippen MR) is 246 cm³/mol. The quantitative estimate of drug-likeness (QED) is 0.0375. The van der Waals surface area contributed by atoms with E-state index in [9.17, 15) is 28.8 Å². The molecule has 330 valence electrons. The molecule has 0 spiro atoms. The Morgan fingerprint density at radius 3 is 1.34 bits per heavy atom. The number of alkyl halides is 2. The van der Waals surface area contributed by atoms with Crippen LogP contribution in [0.3, 0.4) is 0 Å². The van der Waals surface area contributed by atoms with Gasteiger partial charge in [0.05, 0.1) is 35.4 Å². The highest BCUT2D eigenvalue weighted by Gasteiger charge is 2.28. The molecule has 20 heteroatoms. The zero-order valence-electron chi connectivity index (χ0n) is 34.4. The van der Waals surface area contributed by atoms with Crippen molar-refractivity contribution in [2.24, 2.45) is 20.5 Å². The van der Waals surface area contributed by atoms with Gasteiger partial charge in [-0.15, -0.1) is 23.2 Å². The van der Waals surface area contributed by atoms with Crippen molar-refractivity contribution in [3.05, 3.63) is 129 Å². The molecule has 0 aliphatic heterocycles. The van der Waals surface area contributed by atoms with E-state index in [2.05, 4.69) is 41.7 Å². The summed E-state index contributed by atoms with van der Waals surface area (Å²) < 4.78 is 11.0. The number of nitrogens with one attached hydrogen (secondary N) is 4. The minimum atomic E-state index is -1.70. The number of nitrogens with zero attached hydrogens (tertiary/aromatic N) is 4. The van der Waals surface area contributed by atoms with Gasteiger partial charge in [0.1, 0.15) is 28.6 Å². The molecule has 0 heterocycles. The van der Waals surface area contributed by atoms with Crippen molar-refractivity contribution >= 4 is 116 Å². The van der Waals surface area contributed by atoms with Crippen LogP contribution in [0, 0.1) is 0 Å². The van der Waals surface area contributed by atoms with Gasteiger partial charge in [0.15, 0.2) is 11.6 Å². The highest BCUT2D eigenvalue weighted by molar-refractivity contribution is 6.37. The van der Waals surface area contributed by atoms with Crippen molar-refractivity contribution in [1.82, 2.24) is 0 Å². The van der Waals surface area contributed by atoms with E-state index in [0.29, 0.717) is 11.4 Å². The summed E-state index contributed by atoms with van der Waals surface area (Å²) in [6.07, 6.45) is 0. The predicted octanol–water partition coefficient (Wildman–Crippen LogP) is 10.4. The summed E-state index contributed by atoms with van der Waals surface area (Å²) in [6.45, 7) is 2.27. The minimum Gasteiger partial charge on any atom is -0.494 e. The summed E-state index contributed by atoms with van der Waals surface area (Å²) in [7, 11) is 2.55. The monoisotopic (exact) mass is 946 g/mol. The number of carbonyl (C=O) groups excluding carboxylic acids is 6.